The Bertz CT molecular complexity index is 399. The molecule has 0 aliphatic rings. The number of carbonyl (C=O) groups excluding carboxylic acids is 1. The SMILES string of the molecule is CCCNC(=O)CNc1c(N)c(CCC)nn1C. The smallest absolute Gasteiger partial charge is 0.239 e. The Balaban J connectivity index is 2.59. The van der Waals surface area contributed by atoms with Gasteiger partial charge in [-0.25, -0.2) is 0 Å². The Hall–Kier alpha value is -1.72. The number of nitrogens with zero attached hydrogens (tertiary/aromatic N) is 2. The fourth-order valence-electron chi connectivity index (χ4n) is 1.72. The Morgan fingerprint density at radius 1 is 1.39 bits per heavy atom. The highest BCUT2D eigenvalue weighted by Crippen LogP contribution is 2.22. The van der Waals surface area contributed by atoms with Gasteiger partial charge < -0.3 is 16.4 Å². The summed E-state index contributed by atoms with van der Waals surface area (Å²) in [6.07, 6.45) is 2.78. The molecule has 0 unspecified atom stereocenters. The quantitative estimate of drug-likeness (QED) is 0.674. The lowest BCUT2D eigenvalue weighted by atomic mass is 10.2. The molecule has 6 nitrogen and oxygen atoms in total. The van der Waals surface area contributed by atoms with E-state index in [9.17, 15) is 4.79 Å². The predicted octanol–water partition coefficient (Wildman–Crippen LogP) is 0.893. The van der Waals surface area contributed by atoms with E-state index in [0.717, 1.165) is 25.0 Å². The molecule has 1 aromatic rings. The van der Waals surface area contributed by atoms with Crippen LogP contribution in [0.5, 0.6) is 0 Å². The third-order valence-electron chi connectivity index (χ3n) is 2.64. The average Bonchev–Trinajstić information content (AvgIpc) is 2.60. The molecule has 0 saturated carbocycles. The van der Waals surface area contributed by atoms with Crippen molar-refractivity contribution in [3.8, 4) is 0 Å². The number of nitrogens with one attached hydrogen (secondary N) is 2. The second-order valence-electron chi connectivity index (χ2n) is 4.29. The molecular formula is C12H23N5O. The van der Waals surface area contributed by atoms with E-state index in [2.05, 4.69) is 22.7 Å². The summed E-state index contributed by atoms with van der Waals surface area (Å²) in [6, 6.07) is 0. The van der Waals surface area contributed by atoms with Crippen molar-refractivity contribution in [1.29, 1.82) is 0 Å². The minimum atomic E-state index is -0.0329. The normalized spacial score (nSPS) is 10.4. The molecule has 0 aliphatic heterocycles. The zero-order valence-corrected chi connectivity index (χ0v) is 11.4. The van der Waals surface area contributed by atoms with E-state index in [1.807, 2.05) is 14.0 Å². The van der Waals surface area contributed by atoms with Crippen molar-refractivity contribution in [3.05, 3.63) is 5.69 Å². The van der Waals surface area contributed by atoms with Crippen molar-refractivity contribution in [1.82, 2.24) is 15.1 Å². The van der Waals surface area contributed by atoms with Crippen LogP contribution in [-0.2, 0) is 18.3 Å². The highest BCUT2D eigenvalue weighted by molar-refractivity contribution is 5.81. The highest BCUT2D eigenvalue weighted by Gasteiger charge is 2.13. The van der Waals surface area contributed by atoms with Gasteiger partial charge in [0.05, 0.1) is 17.9 Å². The lowest BCUT2D eigenvalue weighted by molar-refractivity contribution is -0.119. The third kappa shape index (κ3) is 3.65. The van der Waals surface area contributed by atoms with Crippen molar-refractivity contribution in [2.75, 3.05) is 24.1 Å². The number of aromatic nitrogens is 2. The number of nitrogens with two attached hydrogens (primary N) is 1. The maximum Gasteiger partial charge on any atom is 0.239 e. The Morgan fingerprint density at radius 2 is 2.11 bits per heavy atom. The molecule has 102 valence electrons. The molecule has 1 amide bonds. The van der Waals surface area contributed by atoms with Crippen LogP contribution in [0, 0.1) is 0 Å². The summed E-state index contributed by atoms with van der Waals surface area (Å²) in [4.78, 5) is 11.5. The maximum absolute atomic E-state index is 11.5. The maximum atomic E-state index is 11.5. The van der Waals surface area contributed by atoms with Gasteiger partial charge in [-0.1, -0.05) is 20.3 Å². The highest BCUT2D eigenvalue weighted by atomic mass is 16.1. The zero-order chi connectivity index (χ0) is 13.5. The average molecular weight is 253 g/mol. The number of anilines is 2. The van der Waals surface area contributed by atoms with Crippen molar-refractivity contribution in [3.63, 3.8) is 0 Å². The minimum Gasteiger partial charge on any atom is -0.394 e. The lowest BCUT2D eigenvalue weighted by Gasteiger charge is -2.08. The molecular weight excluding hydrogens is 230 g/mol. The molecule has 1 aromatic heterocycles. The number of amides is 1. The molecule has 0 aliphatic carbocycles. The van der Waals surface area contributed by atoms with Crippen LogP contribution in [-0.4, -0.2) is 28.8 Å². The van der Waals surface area contributed by atoms with E-state index in [4.69, 9.17) is 5.73 Å². The number of carbonyl (C=O) groups is 1. The molecule has 1 rings (SSSR count). The first-order valence-electron chi connectivity index (χ1n) is 6.42. The van der Waals surface area contributed by atoms with Crippen molar-refractivity contribution in [2.24, 2.45) is 7.05 Å². The molecule has 0 saturated heterocycles. The van der Waals surface area contributed by atoms with Gasteiger partial charge in [-0.15, -0.1) is 0 Å². The van der Waals surface area contributed by atoms with E-state index < -0.39 is 0 Å². The molecule has 0 fully saturated rings. The van der Waals surface area contributed by atoms with E-state index in [0.29, 0.717) is 18.1 Å². The van der Waals surface area contributed by atoms with Crippen LogP contribution in [0.25, 0.3) is 0 Å². The second kappa shape index (κ2) is 6.88. The summed E-state index contributed by atoms with van der Waals surface area (Å²) in [5.74, 6) is 0.680. The standard InChI is InChI=1S/C12H23N5O/c1-4-6-9-11(13)12(17(3)16-9)15-8-10(18)14-7-5-2/h15H,4-8,13H2,1-3H3,(H,14,18). The van der Waals surface area contributed by atoms with E-state index in [-0.39, 0.29) is 12.5 Å². The van der Waals surface area contributed by atoms with Gasteiger partial charge in [0.2, 0.25) is 5.91 Å². The number of aryl methyl sites for hydroxylation is 2. The molecule has 0 spiro atoms. The molecule has 0 radical (unpaired) electrons. The number of hydrogen-bond donors (Lipinski definition) is 3. The Morgan fingerprint density at radius 3 is 2.72 bits per heavy atom. The molecule has 18 heavy (non-hydrogen) atoms. The first kappa shape index (κ1) is 14.3. The first-order valence-corrected chi connectivity index (χ1v) is 6.42. The van der Waals surface area contributed by atoms with E-state index >= 15 is 0 Å². The fraction of sp³-hybridized carbons (Fsp3) is 0.667. The summed E-state index contributed by atoms with van der Waals surface area (Å²) in [5, 5.41) is 10.2. The van der Waals surface area contributed by atoms with Crippen LogP contribution >= 0.6 is 0 Å². The summed E-state index contributed by atoms with van der Waals surface area (Å²) in [5.41, 5.74) is 7.53. The van der Waals surface area contributed by atoms with E-state index in [1.165, 1.54) is 0 Å². The minimum absolute atomic E-state index is 0.0329. The molecule has 6 heteroatoms. The van der Waals surface area contributed by atoms with E-state index in [1.54, 1.807) is 4.68 Å². The number of nitrogen functional groups attached to an aromatic ring is 1. The predicted molar refractivity (Wildman–Crippen MR) is 73.4 cm³/mol. The fourth-order valence-corrected chi connectivity index (χ4v) is 1.72. The van der Waals surface area contributed by atoms with Gasteiger partial charge in [0.15, 0.2) is 0 Å². The van der Waals surface area contributed by atoms with Crippen LogP contribution in [0.15, 0.2) is 0 Å². The van der Waals surface area contributed by atoms with Crippen molar-refractivity contribution >= 4 is 17.4 Å². The van der Waals surface area contributed by atoms with Gasteiger partial charge in [0.1, 0.15) is 5.82 Å². The number of rotatable bonds is 7. The van der Waals surface area contributed by atoms with Crippen LogP contribution in [0.3, 0.4) is 0 Å². The summed E-state index contributed by atoms with van der Waals surface area (Å²) < 4.78 is 1.69. The summed E-state index contributed by atoms with van der Waals surface area (Å²) in [7, 11) is 1.82. The van der Waals surface area contributed by atoms with Crippen LogP contribution in [0.4, 0.5) is 11.5 Å². The van der Waals surface area contributed by atoms with Gasteiger partial charge in [0.25, 0.3) is 0 Å². The molecule has 0 aromatic carbocycles. The molecule has 4 N–H and O–H groups in total. The third-order valence-corrected chi connectivity index (χ3v) is 2.64. The Kier molecular flexibility index (Phi) is 5.48. The summed E-state index contributed by atoms with van der Waals surface area (Å²) in [6.45, 7) is 5.01. The van der Waals surface area contributed by atoms with Crippen molar-refractivity contribution in [2.45, 2.75) is 33.1 Å². The molecule has 1 heterocycles. The molecule has 0 atom stereocenters. The van der Waals surface area contributed by atoms with Gasteiger partial charge >= 0.3 is 0 Å². The number of hydrogen-bond acceptors (Lipinski definition) is 4. The van der Waals surface area contributed by atoms with Crippen LogP contribution < -0.4 is 16.4 Å². The zero-order valence-electron chi connectivity index (χ0n) is 11.4. The van der Waals surface area contributed by atoms with Gasteiger partial charge in [0, 0.05) is 13.6 Å². The second-order valence-corrected chi connectivity index (χ2v) is 4.29. The van der Waals surface area contributed by atoms with Crippen LogP contribution in [0.2, 0.25) is 0 Å². The molecule has 0 bridgehead atoms. The first-order chi connectivity index (χ1) is 8.60. The van der Waals surface area contributed by atoms with Gasteiger partial charge in [-0.2, -0.15) is 5.10 Å². The monoisotopic (exact) mass is 253 g/mol. The largest absolute Gasteiger partial charge is 0.394 e. The van der Waals surface area contributed by atoms with Crippen LogP contribution in [0.1, 0.15) is 32.4 Å². The van der Waals surface area contributed by atoms with Gasteiger partial charge in [-0.3, -0.25) is 9.48 Å². The Labute approximate surface area is 108 Å². The van der Waals surface area contributed by atoms with Crippen molar-refractivity contribution < 1.29 is 4.79 Å². The lowest BCUT2D eigenvalue weighted by Crippen LogP contribution is -2.30. The van der Waals surface area contributed by atoms with Gasteiger partial charge in [-0.05, 0) is 12.8 Å². The summed E-state index contributed by atoms with van der Waals surface area (Å²) >= 11 is 0. The topological polar surface area (TPSA) is 85.0 Å².